The molecular weight excluding hydrogens is 324 g/mol. The monoisotopic (exact) mass is 330 g/mol. The molecule has 1 spiro atoms. The molecule has 2 saturated heterocycles. The van der Waals surface area contributed by atoms with Gasteiger partial charge in [0.05, 0.1) is 25.2 Å². The van der Waals surface area contributed by atoms with E-state index in [1.54, 1.807) is 0 Å². The second-order valence-electron chi connectivity index (χ2n) is 3.47. The molecule has 2 heterocycles. The number of hydrogen-bond donors (Lipinski definition) is 0. The molecule has 0 saturated carbocycles. The van der Waals surface area contributed by atoms with E-state index in [9.17, 15) is 9.13 Å². The molecule has 2 aliphatic rings. The molecule has 2 atom stereocenters. The van der Waals surface area contributed by atoms with Crippen LogP contribution in [0.15, 0.2) is 0 Å². The summed E-state index contributed by atoms with van der Waals surface area (Å²) >= 11 is 16.7. The van der Waals surface area contributed by atoms with Crippen molar-refractivity contribution in [3.8, 4) is 0 Å². The van der Waals surface area contributed by atoms with Gasteiger partial charge < -0.3 is 0 Å². The zero-order valence-electron chi connectivity index (χ0n) is 7.68. The quantitative estimate of drug-likeness (QED) is 0.501. The molecule has 6 nitrogen and oxygen atoms in total. The van der Waals surface area contributed by atoms with Gasteiger partial charge in [-0.15, -0.1) is 0 Å². The van der Waals surface area contributed by atoms with Crippen molar-refractivity contribution in [3.05, 3.63) is 0 Å². The highest BCUT2D eigenvalue weighted by Gasteiger charge is 2.53. The SMILES string of the molecule is O=P1(Cl)OCC2(CO1)COP(=O)(Cl)OC2Cl. The summed E-state index contributed by atoms with van der Waals surface area (Å²) in [7, 11) is 0. The lowest BCUT2D eigenvalue weighted by Gasteiger charge is -2.43. The van der Waals surface area contributed by atoms with Gasteiger partial charge in [-0.25, -0.2) is 9.13 Å². The predicted molar refractivity (Wildman–Crippen MR) is 57.9 cm³/mol. The largest absolute Gasteiger partial charge is 0.425 e. The fraction of sp³-hybridized carbons (Fsp3) is 1.00. The lowest BCUT2D eigenvalue weighted by Crippen LogP contribution is -2.49. The van der Waals surface area contributed by atoms with Crippen molar-refractivity contribution in [2.45, 2.75) is 5.56 Å². The highest BCUT2D eigenvalue weighted by Crippen LogP contribution is 2.65. The van der Waals surface area contributed by atoms with Crippen molar-refractivity contribution in [3.63, 3.8) is 0 Å². The fourth-order valence-electron chi connectivity index (χ4n) is 1.23. The molecule has 0 radical (unpaired) electrons. The van der Waals surface area contributed by atoms with Crippen molar-refractivity contribution in [2.75, 3.05) is 19.8 Å². The van der Waals surface area contributed by atoms with Gasteiger partial charge in [0.1, 0.15) is 0 Å². The second-order valence-corrected chi connectivity index (χ2v) is 9.05. The van der Waals surface area contributed by atoms with Crippen molar-refractivity contribution in [1.29, 1.82) is 0 Å². The summed E-state index contributed by atoms with van der Waals surface area (Å²) in [6, 6.07) is 0. The van der Waals surface area contributed by atoms with Crippen molar-refractivity contribution in [1.82, 2.24) is 0 Å². The summed E-state index contributed by atoms with van der Waals surface area (Å²) in [5.74, 6) is 0. The molecule has 0 bridgehead atoms. The molecule has 0 amide bonds. The Morgan fingerprint density at radius 2 is 1.44 bits per heavy atom. The molecule has 0 aliphatic carbocycles. The van der Waals surface area contributed by atoms with Crippen LogP contribution < -0.4 is 0 Å². The van der Waals surface area contributed by atoms with E-state index in [4.69, 9.17) is 52.2 Å². The first-order valence-electron chi connectivity index (χ1n) is 4.10. The Bertz CT molecular complexity index is 368. The third-order valence-corrected chi connectivity index (χ3v) is 5.79. The van der Waals surface area contributed by atoms with Gasteiger partial charge in [-0.05, 0) is 0 Å². The van der Waals surface area contributed by atoms with Crippen LogP contribution in [0.25, 0.3) is 0 Å². The van der Waals surface area contributed by atoms with Crippen LogP contribution in [0.3, 0.4) is 0 Å². The molecule has 2 aliphatic heterocycles. The number of rotatable bonds is 0. The van der Waals surface area contributed by atoms with Gasteiger partial charge in [0, 0.05) is 22.5 Å². The molecule has 11 heteroatoms. The Labute approximate surface area is 106 Å². The predicted octanol–water partition coefficient (Wildman–Crippen LogP) is 3.33. The molecular formula is C5H7Cl3O6P2. The average molecular weight is 331 g/mol. The van der Waals surface area contributed by atoms with E-state index in [1.807, 2.05) is 0 Å². The summed E-state index contributed by atoms with van der Waals surface area (Å²) in [5.41, 5.74) is -1.94. The summed E-state index contributed by atoms with van der Waals surface area (Å²) < 4.78 is 41.7. The standard InChI is InChI=1S/C5H7Cl3O6P2/c6-4-5(3-13-16(8,10)14-4)1-11-15(7,9)12-2-5/h4H,1-3H2. The van der Waals surface area contributed by atoms with Gasteiger partial charge in [-0.3, -0.25) is 18.1 Å². The van der Waals surface area contributed by atoms with E-state index in [0.717, 1.165) is 0 Å². The summed E-state index contributed by atoms with van der Waals surface area (Å²) in [6.07, 6.45) is 0. The molecule has 0 N–H and O–H groups in total. The van der Waals surface area contributed by atoms with E-state index in [2.05, 4.69) is 0 Å². The summed E-state index contributed by atoms with van der Waals surface area (Å²) in [5, 5.41) is 0. The molecule has 2 unspecified atom stereocenters. The van der Waals surface area contributed by atoms with Crippen LogP contribution in [0.4, 0.5) is 0 Å². The van der Waals surface area contributed by atoms with Crippen molar-refractivity contribution < 1.29 is 27.2 Å². The number of alkyl halides is 1. The van der Waals surface area contributed by atoms with Gasteiger partial charge in [0.15, 0.2) is 5.56 Å². The minimum Gasteiger partial charge on any atom is -0.296 e. The molecule has 0 aromatic heterocycles. The Morgan fingerprint density at radius 3 is 1.94 bits per heavy atom. The zero-order chi connectivity index (χ0) is 12.0. The van der Waals surface area contributed by atoms with Gasteiger partial charge in [0.2, 0.25) is 0 Å². The van der Waals surface area contributed by atoms with Crippen LogP contribution in [0.1, 0.15) is 0 Å². The number of hydrogen-bond acceptors (Lipinski definition) is 6. The first kappa shape index (κ1) is 13.6. The lowest BCUT2D eigenvalue weighted by atomic mass is 9.92. The third-order valence-electron chi connectivity index (χ3n) is 2.22. The van der Waals surface area contributed by atoms with E-state index < -0.39 is 24.9 Å². The zero-order valence-corrected chi connectivity index (χ0v) is 11.7. The topological polar surface area (TPSA) is 71.1 Å². The van der Waals surface area contributed by atoms with Gasteiger partial charge in [0.25, 0.3) is 0 Å². The van der Waals surface area contributed by atoms with Gasteiger partial charge >= 0.3 is 13.9 Å². The normalized spacial score (nSPS) is 54.1. The Kier molecular flexibility index (Phi) is 3.72. The molecule has 2 rings (SSSR count). The fourth-order valence-corrected chi connectivity index (χ4v) is 4.35. The second kappa shape index (κ2) is 4.37. The molecule has 0 aromatic rings. The molecule has 0 aromatic carbocycles. The van der Waals surface area contributed by atoms with Crippen LogP contribution in [-0.4, -0.2) is 25.4 Å². The van der Waals surface area contributed by atoms with Crippen LogP contribution in [0.2, 0.25) is 0 Å². The van der Waals surface area contributed by atoms with E-state index in [-0.39, 0.29) is 19.8 Å². The summed E-state index contributed by atoms with van der Waals surface area (Å²) in [4.78, 5) is 0. The lowest BCUT2D eigenvalue weighted by molar-refractivity contribution is -0.0780. The third kappa shape index (κ3) is 2.77. The Hall–Kier alpha value is 1.17. The van der Waals surface area contributed by atoms with Crippen molar-refractivity contribution >= 4 is 48.0 Å². The van der Waals surface area contributed by atoms with Gasteiger partial charge in [-0.1, -0.05) is 11.6 Å². The first-order valence-corrected chi connectivity index (χ1v) is 9.43. The minimum absolute atomic E-state index is 0.0845. The van der Waals surface area contributed by atoms with E-state index >= 15 is 0 Å². The number of halogens is 3. The molecule has 94 valence electrons. The van der Waals surface area contributed by atoms with Crippen LogP contribution in [0.5, 0.6) is 0 Å². The maximum atomic E-state index is 11.3. The molecule has 2 fully saturated rings. The van der Waals surface area contributed by atoms with Crippen LogP contribution >= 0.6 is 48.0 Å². The van der Waals surface area contributed by atoms with E-state index in [0.29, 0.717) is 0 Å². The van der Waals surface area contributed by atoms with Crippen LogP contribution in [-0.2, 0) is 27.2 Å². The molecule has 16 heavy (non-hydrogen) atoms. The minimum atomic E-state index is -3.64. The Balaban J connectivity index is 2.11. The Morgan fingerprint density at radius 1 is 1.00 bits per heavy atom. The highest BCUT2D eigenvalue weighted by molar-refractivity contribution is 7.81. The highest BCUT2D eigenvalue weighted by atomic mass is 35.7. The first-order chi connectivity index (χ1) is 7.25. The average Bonchev–Trinajstić information content (AvgIpc) is 2.15. The maximum Gasteiger partial charge on any atom is 0.425 e. The van der Waals surface area contributed by atoms with E-state index in [1.165, 1.54) is 0 Å². The van der Waals surface area contributed by atoms with Crippen molar-refractivity contribution in [2.24, 2.45) is 5.41 Å². The smallest absolute Gasteiger partial charge is 0.296 e. The van der Waals surface area contributed by atoms with Gasteiger partial charge in [-0.2, -0.15) is 0 Å². The summed E-state index contributed by atoms with van der Waals surface area (Å²) in [6.45, 7) is -7.43. The maximum absolute atomic E-state index is 11.3. The van der Waals surface area contributed by atoms with Crippen LogP contribution in [0, 0.1) is 5.41 Å².